The number of benzene rings is 2. The molecule has 2 aromatic heterocycles. The first-order valence-electron chi connectivity index (χ1n) is 12.0. The number of halogens is 6. The molecule has 2 aromatic carbocycles. The van der Waals surface area contributed by atoms with Gasteiger partial charge in [0.2, 0.25) is 0 Å². The Hall–Kier alpha value is -4.22. The molecule has 0 fully saturated rings. The van der Waals surface area contributed by atoms with Crippen molar-refractivity contribution in [3.05, 3.63) is 77.7 Å². The number of pyridine rings is 1. The third-order valence-electron chi connectivity index (χ3n) is 6.38. The number of aliphatic imine (C=N–C) groups is 1. The van der Waals surface area contributed by atoms with Gasteiger partial charge >= 0.3 is 12.4 Å². The minimum atomic E-state index is -4.60. The van der Waals surface area contributed by atoms with Gasteiger partial charge in [0.15, 0.2) is 5.82 Å². The third kappa shape index (κ3) is 5.64. The fourth-order valence-electron chi connectivity index (χ4n) is 4.33. The van der Waals surface area contributed by atoms with Gasteiger partial charge < -0.3 is 10.2 Å². The summed E-state index contributed by atoms with van der Waals surface area (Å²) in [6.45, 7) is 3.30. The normalized spacial score (nSPS) is 15.0. The van der Waals surface area contributed by atoms with Gasteiger partial charge in [-0.05, 0) is 61.9 Å². The van der Waals surface area contributed by atoms with Crippen LogP contribution in [0, 0.1) is 0 Å². The zero-order valence-electron chi connectivity index (χ0n) is 20.6. The minimum Gasteiger partial charge on any atom is -0.353 e. The Morgan fingerprint density at radius 1 is 0.923 bits per heavy atom. The standard InChI is InChI=1S/C27H22F6N6/c1-16(39-13-3-11-34-15-39)24-37-22-14-17(23-21(27(31,32)33)4-2-12-35-23)5-10-20(22)25(38-24)36-19-8-6-18(7-9-19)26(28,29)30/h2,4-10,12,14-16H,3,11,13H2,1H3,(H,36,37,38). The Balaban J connectivity index is 1.61. The van der Waals surface area contributed by atoms with Gasteiger partial charge in [-0.15, -0.1) is 0 Å². The van der Waals surface area contributed by atoms with Crippen LogP contribution < -0.4 is 5.32 Å². The highest BCUT2D eigenvalue weighted by Gasteiger charge is 2.34. The molecular weight excluding hydrogens is 522 g/mol. The molecule has 12 heteroatoms. The van der Waals surface area contributed by atoms with E-state index in [1.54, 1.807) is 12.4 Å². The molecule has 1 N–H and O–H groups in total. The molecule has 4 aromatic rings. The van der Waals surface area contributed by atoms with E-state index >= 15 is 0 Å². The van der Waals surface area contributed by atoms with Crippen molar-refractivity contribution in [1.29, 1.82) is 0 Å². The number of nitrogens with zero attached hydrogens (tertiary/aromatic N) is 5. The van der Waals surface area contributed by atoms with Crippen LogP contribution in [0.25, 0.3) is 22.2 Å². The van der Waals surface area contributed by atoms with Crippen molar-refractivity contribution in [2.75, 3.05) is 18.4 Å². The number of rotatable bonds is 5. The summed E-state index contributed by atoms with van der Waals surface area (Å²) in [5.41, 5.74) is -0.978. The second-order valence-electron chi connectivity index (χ2n) is 9.05. The highest BCUT2D eigenvalue weighted by Crippen LogP contribution is 2.37. The second-order valence-corrected chi connectivity index (χ2v) is 9.05. The lowest BCUT2D eigenvalue weighted by atomic mass is 10.0. The number of aromatic nitrogens is 3. The quantitative estimate of drug-likeness (QED) is 0.268. The van der Waals surface area contributed by atoms with Gasteiger partial charge in [0.25, 0.3) is 0 Å². The third-order valence-corrected chi connectivity index (χ3v) is 6.38. The fraction of sp³-hybridized carbons (Fsp3) is 0.259. The monoisotopic (exact) mass is 544 g/mol. The first-order valence-corrected chi connectivity index (χ1v) is 12.0. The lowest BCUT2D eigenvalue weighted by Crippen LogP contribution is -2.31. The van der Waals surface area contributed by atoms with Gasteiger partial charge in [-0.2, -0.15) is 26.3 Å². The van der Waals surface area contributed by atoms with Gasteiger partial charge in [0.05, 0.1) is 34.7 Å². The number of hydrogen-bond acceptors (Lipinski definition) is 6. The first kappa shape index (κ1) is 26.4. The van der Waals surface area contributed by atoms with Crippen molar-refractivity contribution in [3.63, 3.8) is 0 Å². The van der Waals surface area contributed by atoms with E-state index in [-0.39, 0.29) is 17.3 Å². The van der Waals surface area contributed by atoms with E-state index in [0.717, 1.165) is 31.2 Å². The van der Waals surface area contributed by atoms with Gasteiger partial charge in [-0.1, -0.05) is 6.07 Å². The van der Waals surface area contributed by atoms with Crippen molar-refractivity contribution in [2.24, 2.45) is 4.99 Å². The minimum absolute atomic E-state index is 0.216. The van der Waals surface area contributed by atoms with E-state index in [1.807, 2.05) is 11.8 Å². The summed E-state index contributed by atoms with van der Waals surface area (Å²) in [6.07, 6.45) is -5.24. The van der Waals surface area contributed by atoms with Crippen LogP contribution in [0.5, 0.6) is 0 Å². The van der Waals surface area contributed by atoms with Crippen molar-refractivity contribution < 1.29 is 26.3 Å². The summed E-state index contributed by atoms with van der Waals surface area (Å²) in [6, 6.07) is 10.9. The summed E-state index contributed by atoms with van der Waals surface area (Å²) in [7, 11) is 0. The van der Waals surface area contributed by atoms with Gasteiger partial charge in [0, 0.05) is 35.9 Å². The van der Waals surface area contributed by atoms with Crippen LogP contribution in [-0.2, 0) is 12.4 Å². The van der Waals surface area contributed by atoms with E-state index in [4.69, 9.17) is 0 Å². The summed E-state index contributed by atoms with van der Waals surface area (Å²) < 4.78 is 80.1. The molecule has 3 heterocycles. The second kappa shape index (κ2) is 10.2. The van der Waals surface area contributed by atoms with Crippen LogP contribution in [0.4, 0.5) is 37.8 Å². The molecule has 202 valence electrons. The van der Waals surface area contributed by atoms with E-state index in [1.165, 1.54) is 36.5 Å². The Bertz CT molecular complexity index is 1510. The number of nitrogens with one attached hydrogen (secondary N) is 1. The molecule has 1 aliphatic heterocycles. The van der Waals surface area contributed by atoms with Crippen LogP contribution in [0.1, 0.15) is 36.3 Å². The first-order chi connectivity index (χ1) is 18.5. The highest BCUT2D eigenvalue weighted by molar-refractivity contribution is 5.93. The summed E-state index contributed by atoms with van der Waals surface area (Å²) in [4.78, 5) is 19.5. The molecule has 0 saturated heterocycles. The maximum atomic E-state index is 13.7. The topological polar surface area (TPSA) is 66.3 Å². The van der Waals surface area contributed by atoms with Crippen LogP contribution in [0.3, 0.4) is 0 Å². The highest BCUT2D eigenvalue weighted by atomic mass is 19.4. The summed E-state index contributed by atoms with van der Waals surface area (Å²) in [5, 5.41) is 3.53. The van der Waals surface area contributed by atoms with Crippen molar-refractivity contribution in [3.8, 4) is 11.3 Å². The molecule has 39 heavy (non-hydrogen) atoms. The SMILES string of the molecule is CC(c1nc(Nc2ccc(C(F)(F)F)cc2)c2ccc(-c3ncccc3C(F)(F)F)cc2n1)N1C=NCCC1. The maximum Gasteiger partial charge on any atom is 0.418 e. The average molecular weight is 545 g/mol. The Morgan fingerprint density at radius 3 is 2.36 bits per heavy atom. The lowest BCUT2D eigenvalue weighted by Gasteiger charge is -2.28. The largest absolute Gasteiger partial charge is 0.418 e. The Kier molecular flexibility index (Phi) is 6.87. The van der Waals surface area contributed by atoms with Crippen LogP contribution >= 0.6 is 0 Å². The van der Waals surface area contributed by atoms with Crippen molar-refractivity contribution >= 4 is 28.7 Å². The predicted molar refractivity (Wildman–Crippen MR) is 136 cm³/mol. The molecule has 5 rings (SSSR count). The molecule has 1 aliphatic rings. The summed E-state index contributed by atoms with van der Waals surface area (Å²) >= 11 is 0. The van der Waals surface area contributed by atoms with E-state index in [2.05, 4.69) is 25.3 Å². The van der Waals surface area contributed by atoms with E-state index < -0.39 is 23.5 Å². The molecule has 0 spiro atoms. The summed E-state index contributed by atoms with van der Waals surface area (Å²) in [5.74, 6) is 0.679. The zero-order chi connectivity index (χ0) is 27.8. The van der Waals surface area contributed by atoms with Crippen LogP contribution in [-0.4, -0.2) is 39.3 Å². The molecule has 0 amide bonds. The van der Waals surface area contributed by atoms with E-state index in [0.29, 0.717) is 34.8 Å². The average Bonchev–Trinajstić information content (AvgIpc) is 2.92. The number of fused-ring (bicyclic) bond motifs is 1. The van der Waals surface area contributed by atoms with E-state index in [9.17, 15) is 26.3 Å². The van der Waals surface area contributed by atoms with Crippen LogP contribution in [0.15, 0.2) is 65.8 Å². The Morgan fingerprint density at radius 2 is 1.69 bits per heavy atom. The smallest absolute Gasteiger partial charge is 0.353 e. The number of hydrogen-bond donors (Lipinski definition) is 1. The Labute approximate surface area is 219 Å². The number of alkyl halides is 6. The molecule has 0 radical (unpaired) electrons. The molecule has 6 nitrogen and oxygen atoms in total. The number of anilines is 2. The van der Waals surface area contributed by atoms with Crippen molar-refractivity contribution in [2.45, 2.75) is 31.7 Å². The molecule has 0 bridgehead atoms. The zero-order valence-corrected chi connectivity index (χ0v) is 20.6. The molecule has 0 aliphatic carbocycles. The van der Waals surface area contributed by atoms with Crippen molar-refractivity contribution in [1.82, 2.24) is 19.9 Å². The molecule has 1 unspecified atom stereocenters. The molecule has 0 saturated carbocycles. The van der Waals surface area contributed by atoms with Crippen LogP contribution in [0.2, 0.25) is 0 Å². The molecule has 1 atom stereocenters. The maximum absolute atomic E-state index is 13.7. The predicted octanol–water partition coefficient (Wildman–Crippen LogP) is 7.27. The van der Waals surface area contributed by atoms with Gasteiger partial charge in [-0.3, -0.25) is 9.98 Å². The molecular formula is C27H22F6N6. The van der Waals surface area contributed by atoms with Gasteiger partial charge in [-0.25, -0.2) is 9.97 Å². The fourth-order valence-corrected chi connectivity index (χ4v) is 4.33. The lowest BCUT2D eigenvalue weighted by molar-refractivity contribution is -0.138. The van der Waals surface area contributed by atoms with Gasteiger partial charge in [0.1, 0.15) is 5.82 Å².